The van der Waals surface area contributed by atoms with Crippen LogP contribution in [0.2, 0.25) is 0 Å². The molecular formula is C12H20F3N3O. The number of alkyl halides is 3. The molecule has 1 aliphatic heterocycles. The summed E-state index contributed by atoms with van der Waals surface area (Å²) in [7, 11) is 0. The zero-order valence-electron chi connectivity index (χ0n) is 10.7. The lowest BCUT2D eigenvalue weighted by Gasteiger charge is -2.34. The number of hydrogen-bond donors (Lipinski definition) is 2. The molecule has 2 fully saturated rings. The highest BCUT2D eigenvalue weighted by Crippen LogP contribution is 2.34. The Morgan fingerprint density at radius 2 is 1.84 bits per heavy atom. The van der Waals surface area contributed by atoms with E-state index < -0.39 is 24.0 Å². The van der Waals surface area contributed by atoms with Gasteiger partial charge in [-0.1, -0.05) is 0 Å². The van der Waals surface area contributed by atoms with Crippen molar-refractivity contribution >= 4 is 5.91 Å². The molecule has 0 spiro atoms. The smallest absolute Gasteiger partial charge is 0.368 e. The summed E-state index contributed by atoms with van der Waals surface area (Å²) in [6, 6.07) is -0.0971. The number of halogens is 3. The number of carbonyl (C=O) groups excluding carboxylic acids is 1. The van der Waals surface area contributed by atoms with Gasteiger partial charge in [-0.15, -0.1) is 0 Å². The van der Waals surface area contributed by atoms with Crippen LogP contribution in [0.15, 0.2) is 0 Å². The summed E-state index contributed by atoms with van der Waals surface area (Å²) in [6.45, 7) is 1.16. The fraction of sp³-hybridized carbons (Fsp3) is 0.917. The molecule has 19 heavy (non-hydrogen) atoms. The minimum atomic E-state index is -4.10. The van der Waals surface area contributed by atoms with E-state index in [1.165, 1.54) is 0 Å². The van der Waals surface area contributed by atoms with Crippen LogP contribution in [0.3, 0.4) is 0 Å². The second-order valence-electron chi connectivity index (χ2n) is 5.51. The standard InChI is InChI=1S/C12H20F3N3O/c13-12(14,15)8-3-5-18(6-4-8)7-10(11(16)19)17-9-1-2-9/h8-10,17H,1-7H2,(H2,16,19). The molecule has 110 valence electrons. The van der Waals surface area contributed by atoms with Crippen LogP contribution in [-0.2, 0) is 4.79 Å². The summed E-state index contributed by atoms with van der Waals surface area (Å²) >= 11 is 0. The first-order chi connectivity index (χ1) is 8.86. The maximum Gasteiger partial charge on any atom is 0.391 e. The Balaban J connectivity index is 1.78. The van der Waals surface area contributed by atoms with Gasteiger partial charge in [0.2, 0.25) is 5.91 Å². The van der Waals surface area contributed by atoms with Gasteiger partial charge in [-0.3, -0.25) is 4.79 Å². The van der Waals surface area contributed by atoms with Crippen LogP contribution in [-0.4, -0.2) is 48.7 Å². The average molecular weight is 279 g/mol. The maximum absolute atomic E-state index is 12.5. The first-order valence-electron chi connectivity index (χ1n) is 6.70. The number of hydrogen-bond acceptors (Lipinski definition) is 3. The Kier molecular flexibility index (Phi) is 4.35. The summed E-state index contributed by atoms with van der Waals surface area (Å²) in [5.74, 6) is -1.63. The lowest BCUT2D eigenvalue weighted by molar-refractivity contribution is -0.185. The third-order valence-electron chi connectivity index (χ3n) is 3.85. The van der Waals surface area contributed by atoms with Crippen molar-refractivity contribution < 1.29 is 18.0 Å². The van der Waals surface area contributed by atoms with Crippen molar-refractivity contribution in [3.63, 3.8) is 0 Å². The molecule has 0 aromatic carbocycles. The van der Waals surface area contributed by atoms with Gasteiger partial charge in [0.1, 0.15) is 0 Å². The van der Waals surface area contributed by atoms with Crippen molar-refractivity contribution in [3.05, 3.63) is 0 Å². The molecule has 2 aliphatic rings. The molecule has 1 saturated carbocycles. The van der Waals surface area contributed by atoms with Gasteiger partial charge in [-0.05, 0) is 38.8 Å². The molecule has 0 aromatic heterocycles. The molecule has 4 nitrogen and oxygen atoms in total. The monoisotopic (exact) mass is 279 g/mol. The highest BCUT2D eigenvalue weighted by molar-refractivity contribution is 5.80. The molecule has 2 rings (SSSR count). The number of nitrogens with one attached hydrogen (secondary N) is 1. The molecule has 1 unspecified atom stereocenters. The number of amides is 1. The van der Waals surface area contributed by atoms with Crippen LogP contribution in [0.5, 0.6) is 0 Å². The Bertz CT molecular complexity index is 323. The van der Waals surface area contributed by atoms with Crippen molar-refractivity contribution in [1.29, 1.82) is 0 Å². The molecule has 0 aromatic rings. The van der Waals surface area contributed by atoms with Crippen molar-refractivity contribution in [2.75, 3.05) is 19.6 Å². The van der Waals surface area contributed by atoms with Gasteiger partial charge in [0.25, 0.3) is 0 Å². The number of likely N-dealkylation sites (tertiary alicyclic amines) is 1. The zero-order chi connectivity index (χ0) is 14.0. The van der Waals surface area contributed by atoms with E-state index in [2.05, 4.69) is 5.32 Å². The van der Waals surface area contributed by atoms with Crippen molar-refractivity contribution in [2.24, 2.45) is 11.7 Å². The SMILES string of the molecule is NC(=O)C(CN1CCC(C(F)(F)F)CC1)NC1CC1. The van der Waals surface area contributed by atoms with Gasteiger partial charge in [0, 0.05) is 12.6 Å². The largest absolute Gasteiger partial charge is 0.391 e. The van der Waals surface area contributed by atoms with Crippen LogP contribution in [0, 0.1) is 5.92 Å². The van der Waals surface area contributed by atoms with E-state index in [1.54, 1.807) is 0 Å². The minimum absolute atomic E-state index is 0.110. The van der Waals surface area contributed by atoms with E-state index in [9.17, 15) is 18.0 Å². The second-order valence-corrected chi connectivity index (χ2v) is 5.51. The summed E-state index contributed by atoms with van der Waals surface area (Å²) < 4.78 is 37.6. The van der Waals surface area contributed by atoms with Gasteiger partial charge < -0.3 is 16.0 Å². The molecule has 7 heteroatoms. The van der Waals surface area contributed by atoms with Crippen LogP contribution in [0.4, 0.5) is 13.2 Å². The van der Waals surface area contributed by atoms with E-state index in [0.717, 1.165) is 12.8 Å². The lowest BCUT2D eigenvalue weighted by Crippen LogP contribution is -2.52. The predicted molar refractivity (Wildman–Crippen MR) is 64.4 cm³/mol. The summed E-state index contributed by atoms with van der Waals surface area (Å²) in [6.07, 6.45) is -1.79. The number of nitrogens with two attached hydrogens (primary N) is 1. The Morgan fingerprint density at radius 3 is 2.26 bits per heavy atom. The maximum atomic E-state index is 12.5. The van der Waals surface area contributed by atoms with Crippen LogP contribution in [0.1, 0.15) is 25.7 Å². The predicted octanol–water partition coefficient (Wildman–Crippen LogP) is 0.867. The van der Waals surface area contributed by atoms with Crippen LogP contribution in [0.25, 0.3) is 0 Å². The topological polar surface area (TPSA) is 58.4 Å². The normalized spacial score (nSPS) is 24.4. The molecule has 1 saturated heterocycles. The van der Waals surface area contributed by atoms with Gasteiger partial charge >= 0.3 is 6.18 Å². The number of primary amides is 1. The Morgan fingerprint density at radius 1 is 1.26 bits per heavy atom. The van der Waals surface area contributed by atoms with E-state index in [4.69, 9.17) is 5.73 Å². The third-order valence-corrected chi connectivity index (χ3v) is 3.85. The van der Waals surface area contributed by atoms with Gasteiger partial charge in [0.15, 0.2) is 0 Å². The quantitative estimate of drug-likeness (QED) is 0.785. The Hall–Kier alpha value is -0.820. The first-order valence-corrected chi connectivity index (χ1v) is 6.70. The molecule has 3 N–H and O–H groups in total. The molecule has 0 bridgehead atoms. The van der Waals surface area contributed by atoms with Crippen molar-refractivity contribution in [1.82, 2.24) is 10.2 Å². The molecule has 1 amide bonds. The average Bonchev–Trinajstić information content (AvgIpc) is 3.11. The summed E-state index contributed by atoms with van der Waals surface area (Å²) in [4.78, 5) is 13.2. The van der Waals surface area contributed by atoms with Gasteiger partial charge in [-0.25, -0.2) is 0 Å². The summed E-state index contributed by atoms with van der Waals surface area (Å²) in [5, 5.41) is 3.14. The molecular weight excluding hydrogens is 259 g/mol. The number of rotatable bonds is 5. The number of carbonyl (C=O) groups is 1. The number of piperidine rings is 1. The highest BCUT2D eigenvalue weighted by Gasteiger charge is 2.41. The van der Waals surface area contributed by atoms with E-state index in [-0.39, 0.29) is 12.8 Å². The number of nitrogens with zero attached hydrogens (tertiary/aromatic N) is 1. The fourth-order valence-corrected chi connectivity index (χ4v) is 2.46. The fourth-order valence-electron chi connectivity index (χ4n) is 2.46. The van der Waals surface area contributed by atoms with E-state index >= 15 is 0 Å². The van der Waals surface area contributed by atoms with E-state index in [1.807, 2.05) is 4.90 Å². The van der Waals surface area contributed by atoms with Gasteiger partial charge in [0.05, 0.1) is 12.0 Å². The molecule has 1 heterocycles. The first kappa shape index (κ1) is 14.6. The third kappa shape index (κ3) is 4.35. The van der Waals surface area contributed by atoms with E-state index in [0.29, 0.717) is 25.7 Å². The summed E-state index contributed by atoms with van der Waals surface area (Å²) in [5.41, 5.74) is 5.32. The highest BCUT2D eigenvalue weighted by atomic mass is 19.4. The van der Waals surface area contributed by atoms with Gasteiger partial charge in [-0.2, -0.15) is 13.2 Å². The van der Waals surface area contributed by atoms with Crippen molar-refractivity contribution in [2.45, 2.75) is 43.9 Å². The van der Waals surface area contributed by atoms with Crippen molar-refractivity contribution in [3.8, 4) is 0 Å². The lowest BCUT2D eigenvalue weighted by atomic mass is 9.96. The van der Waals surface area contributed by atoms with Crippen LogP contribution < -0.4 is 11.1 Å². The molecule has 0 radical (unpaired) electrons. The second kappa shape index (κ2) is 5.66. The Labute approximate surface area is 110 Å². The minimum Gasteiger partial charge on any atom is -0.368 e. The molecule has 1 atom stereocenters. The zero-order valence-corrected chi connectivity index (χ0v) is 10.7. The van der Waals surface area contributed by atoms with Crippen LogP contribution >= 0.6 is 0 Å². The molecule has 1 aliphatic carbocycles.